The van der Waals surface area contributed by atoms with Crippen LogP contribution in [0.15, 0.2) is 18.2 Å². The Morgan fingerprint density at radius 3 is 2.72 bits per heavy atom. The van der Waals surface area contributed by atoms with Crippen molar-refractivity contribution < 1.29 is 14.3 Å². The topological polar surface area (TPSA) is 35.5 Å². The van der Waals surface area contributed by atoms with Gasteiger partial charge in [-0.1, -0.05) is 32.6 Å². The van der Waals surface area contributed by atoms with E-state index < -0.39 is 0 Å². The molecule has 3 nitrogen and oxygen atoms in total. The second kappa shape index (κ2) is 10.4. The van der Waals surface area contributed by atoms with Gasteiger partial charge in [0, 0.05) is 13.0 Å². The van der Waals surface area contributed by atoms with Crippen molar-refractivity contribution in [3.63, 3.8) is 0 Å². The summed E-state index contributed by atoms with van der Waals surface area (Å²) in [5, 5.41) is 3.16. The third kappa shape index (κ3) is 5.44. The molecule has 0 amide bonds. The minimum absolute atomic E-state index is 0.135. The Morgan fingerprint density at radius 2 is 2.00 bits per heavy atom. The van der Waals surface area contributed by atoms with Crippen LogP contribution in [-0.4, -0.2) is 30.5 Å². The predicted octanol–water partition coefficient (Wildman–Crippen LogP) is 4.60. The van der Waals surface area contributed by atoms with Crippen LogP contribution in [0.4, 0.5) is 0 Å². The number of fused-ring (bicyclic) bond motifs is 1. The highest BCUT2D eigenvalue weighted by molar-refractivity contribution is 8.02. The maximum absolute atomic E-state index is 12.9. The molecule has 1 aromatic carbocycles. The molecular weight excluding hydrogens is 332 g/mol. The minimum atomic E-state index is -0.230. The van der Waals surface area contributed by atoms with Crippen LogP contribution in [0.5, 0.6) is 11.5 Å². The molecule has 1 heterocycles. The SMILES string of the molecule is CC#C[S+](CCCCCCCC)C1COc2cc(OC)ccc2C1=O. The van der Waals surface area contributed by atoms with Crippen molar-refractivity contribution in [2.24, 2.45) is 0 Å². The number of carbonyl (C=O) groups excluding carboxylic acids is 1. The molecule has 136 valence electrons. The van der Waals surface area contributed by atoms with Crippen LogP contribution in [0, 0.1) is 11.2 Å². The van der Waals surface area contributed by atoms with E-state index in [0.29, 0.717) is 23.7 Å². The summed E-state index contributed by atoms with van der Waals surface area (Å²) in [6.45, 7) is 4.51. The largest absolute Gasteiger partial charge is 0.497 e. The average molecular weight is 362 g/mol. The Hall–Kier alpha value is -1.60. The van der Waals surface area contributed by atoms with Crippen LogP contribution in [0.3, 0.4) is 0 Å². The van der Waals surface area contributed by atoms with Gasteiger partial charge in [0.05, 0.1) is 23.6 Å². The molecule has 0 spiro atoms. The van der Waals surface area contributed by atoms with Crippen LogP contribution in [0.2, 0.25) is 0 Å². The summed E-state index contributed by atoms with van der Waals surface area (Å²) in [5.41, 5.74) is 0.662. The molecule has 2 atom stereocenters. The normalized spacial score (nSPS) is 17.1. The van der Waals surface area contributed by atoms with E-state index in [1.165, 1.54) is 32.1 Å². The lowest BCUT2D eigenvalue weighted by Crippen LogP contribution is -2.40. The highest BCUT2D eigenvalue weighted by Crippen LogP contribution is 2.31. The Labute approximate surface area is 154 Å². The molecule has 1 aromatic rings. The van der Waals surface area contributed by atoms with Gasteiger partial charge in [-0.3, -0.25) is 4.79 Å². The molecular formula is C21H29O3S+. The first-order chi connectivity index (χ1) is 12.2. The Kier molecular flexibility index (Phi) is 8.21. The maximum Gasteiger partial charge on any atom is 0.228 e. The number of ketones is 1. The van der Waals surface area contributed by atoms with E-state index in [9.17, 15) is 4.79 Å². The zero-order valence-electron chi connectivity index (χ0n) is 15.6. The number of carbonyl (C=O) groups is 1. The standard InChI is InChI=1S/C21H29O3S/c1-4-6-7-8-9-10-14-25(13-5-2)20-16-24-19-15-17(23-3)11-12-18(19)21(20)22/h11-12,15,20H,4,6-10,14,16H2,1-3H3/q+1. The molecule has 0 bridgehead atoms. The van der Waals surface area contributed by atoms with E-state index in [2.05, 4.69) is 18.1 Å². The van der Waals surface area contributed by atoms with Crippen LogP contribution in [0.25, 0.3) is 0 Å². The van der Waals surface area contributed by atoms with Gasteiger partial charge in [-0.15, -0.1) is 0 Å². The number of Topliss-reactive ketones (excluding diaryl/α,β-unsaturated/α-hetero) is 1. The molecule has 0 saturated heterocycles. The summed E-state index contributed by atoms with van der Waals surface area (Å²) in [6.07, 6.45) is 7.54. The minimum Gasteiger partial charge on any atom is -0.497 e. The van der Waals surface area contributed by atoms with Crippen LogP contribution in [0.1, 0.15) is 62.7 Å². The van der Waals surface area contributed by atoms with E-state index in [-0.39, 0.29) is 21.9 Å². The fourth-order valence-corrected chi connectivity index (χ4v) is 4.94. The van der Waals surface area contributed by atoms with Gasteiger partial charge in [-0.25, -0.2) is 0 Å². The average Bonchev–Trinajstić information content (AvgIpc) is 2.64. The summed E-state index contributed by atoms with van der Waals surface area (Å²) in [5.74, 6) is 5.53. The van der Waals surface area contributed by atoms with Gasteiger partial charge in [0.2, 0.25) is 11.0 Å². The lowest BCUT2D eigenvalue weighted by Gasteiger charge is -2.22. The van der Waals surface area contributed by atoms with Gasteiger partial charge >= 0.3 is 0 Å². The molecule has 0 fully saturated rings. The first-order valence-electron chi connectivity index (χ1n) is 9.18. The van der Waals surface area contributed by atoms with Gasteiger partial charge in [-0.05, 0) is 30.9 Å². The summed E-state index contributed by atoms with van der Waals surface area (Å²) in [6, 6.07) is 5.43. The Bertz CT molecular complexity index is 630. The lowest BCUT2D eigenvalue weighted by molar-refractivity contribution is 0.0942. The van der Waals surface area contributed by atoms with Gasteiger partial charge < -0.3 is 9.47 Å². The molecule has 1 aliphatic heterocycles. The number of methoxy groups -OCH3 is 1. The summed E-state index contributed by atoms with van der Waals surface area (Å²) >= 11 is 0. The van der Waals surface area contributed by atoms with Crippen molar-refractivity contribution in [2.45, 2.75) is 57.6 Å². The van der Waals surface area contributed by atoms with Crippen LogP contribution in [-0.2, 0) is 10.9 Å². The number of ether oxygens (including phenoxy) is 2. The summed E-state index contributed by atoms with van der Waals surface area (Å²) < 4.78 is 11.1. The molecule has 0 aliphatic carbocycles. The van der Waals surface area contributed by atoms with Crippen molar-refractivity contribution in [1.82, 2.24) is 0 Å². The number of hydrogen-bond acceptors (Lipinski definition) is 3. The first kappa shape index (κ1) is 19.7. The molecule has 0 aromatic heterocycles. The Morgan fingerprint density at radius 1 is 1.24 bits per heavy atom. The van der Waals surface area contributed by atoms with Crippen molar-refractivity contribution in [3.05, 3.63) is 23.8 Å². The van der Waals surface area contributed by atoms with Crippen LogP contribution < -0.4 is 9.47 Å². The lowest BCUT2D eigenvalue weighted by atomic mass is 10.0. The highest BCUT2D eigenvalue weighted by Gasteiger charge is 2.41. The first-order valence-corrected chi connectivity index (χ1v) is 10.6. The quantitative estimate of drug-likeness (QED) is 0.366. The predicted molar refractivity (Wildman–Crippen MR) is 106 cm³/mol. The Balaban J connectivity index is 1.98. The molecule has 4 heteroatoms. The van der Waals surface area contributed by atoms with Crippen molar-refractivity contribution in [1.29, 1.82) is 0 Å². The fraction of sp³-hybridized carbons (Fsp3) is 0.571. The number of benzene rings is 1. The fourth-order valence-electron chi connectivity index (χ4n) is 3.01. The number of rotatable bonds is 9. The smallest absolute Gasteiger partial charge is 0.228 e. The van der Waals surface area contributed by atoms with Crippen LogP contribution >= 0.6 is 0 Å². The molecule has 0 radical (unpaired) electrons. The van der Waals surface area contributed by atoms with E-state index in [0.717, 1.165) is 12.2 Å². The number of hydrogen-bond donors (Lipinski definition) is 0. The zero-order chi connectivity index (χ0) is 18.1. The molecule has 0 saturated carbocycles. The molecule has 0 N–H and O–H groups in total. The third-order valence-corrected chi connectivity index (χ3v) is 6.66. The number of unbranched alkanes of at least 4 members (excludes halogenated alkanes) is 5. The van der Waals surface area contributed by atoms with E-state index in [1.54, 1.807) is 13.2 Å². The molecule has 1 aliphatic rings. The summed E-state index contributed by atoms with van der Waals surface area (Å²) in [7, 11) is 1.39. The second-order valence-electron chi connectivity index (χ2n) is 6.28. The van der Waals surface area contributed by atoms with Gasteiger partial charge in [0.1, 0.15) is 23.9 Å². The molecule has 25 heavy (non-hydrogen) atoms. The zero-order valence-corrected chi connectivity index (χ0v) is 16.4. The van der Waals surface area contributed by atoms with Gasteiger partial charge in [0.15, 0.2) is 5.25 Å². The van der Waals surface area contributed by atoms with Crippen molar-refractivity contribution >= 4 is 16.7 Å². The third-order valence-electron chi connectivity index (χ3n) is 4.43. The highest BCUT2D eigenvalue weighted by atomic mass is 32.2. The maximum atomic E-state index is 12.9. The second-order valence-corrected chi connectivity index (χ2v) is 8.32. The molecule has 2 unspecified atom stereocenters. The van der Waals surface area contributed by atoms with Gasteiger partial charge in [-0.2, -0.15) is 0 Å². The monoisotopic (exact) mass is 361 g/mol. The van der Waals surface area contributed by atoms with E-state index >= 15 is 0 Å². The summed E-state index contributed by atoms with van der Waals surface area (Å²) in [4.78, 5) is 12.9. The van der Waals surface area contributed by atoms with Crippen molar-refractivity contribution in [3.8, 4) is 22.7 Å². The molecule has 2 rings (SSSR count). The van der Waals surface area contributed by atoms with Crippen molar-refractivity contribution in [2.75, 3.05) is 19.5 Å². The van der Waals surface area contributed by atoms with Gasteiger partial charge in [0.25, 0.3) is 0 Å². The van der Waals surface area contributed by atoms with E-state index in [1.807, 2.05) is 19.1 Å². The van der Waals surface area contributed by atoms with E-state index in [4.69, 9.17) is 9.47 Å².